The third-order valence-electron chi connectivity index (χ3n) is 2.20. The molecule has 0 saturated carbocycles. The van der Waals surface area contributed by atoms with Crippen LogP contribution in [0.5, 0.6) is 0 Å². The summed E-state index contributed by atoms with van der Waals surface area (Å²) in [6.07, 6.45) is 0.749. The number of rotatable bonds is 1. The first-order chi connectivity index (χ1) is 6.72. The molecule has 0 saturated heterocycles. The van der Waals surface area contributed by atoms with E-state index in [2.05, 4.69) is 4.98 Å². The number of aldehydes is 1. The van der Waals surface area contributed by atoms with E-state index >= 15 is 0 Å². The fourth-order valence-electron chi connectivity index (χ4n) is 1.43. The predicted molar refractivity (Wildman–Crippen MR) is 56.3 cm³/mol. The molecule has 1 aromatic carbocycles. The largest absolute Gasteiger partial charge is 0.396 e. The summed E-state index contributed by atoms with van der Waals surface area (Å²) in [5, 5.41) is 0.957. The van der Waals surface area contributed by atoms with E-state index in [4.69, 9.17) is 5.73 Å². The first-order valence-electron chi connectivity index (χ1n) is 4.33. The summed E-state index contributed by atoms with van der Waals surface area (Å²) in [5.41, 5.74) is 8.36. The summed E-state index contributed by atoms with van der Waals surface area (Å²) < 4.78 is 0. The van der Waals surface area contributed by atoms with Gasteiger partial charge >= 0.3 is 0 Å². The van der Waals surface area contributed by atoms with Crippen LogP contribution in [0, 0.1) is 6.92 Å². The van der Waals surface area contributed by atoms with Gasteiger partial charge in [0.25, 0.3) is 0 Å². The topological polar surface area (TPSA) is 56.0 Å². The Bertz CT molecular complexity index is 506. The van der Waals surface area contributed by atoms with Gasteiger partial charge in [0.2, 0.25) is 0 Å². The minimum atomic E-state index is 0.459. The lowest BCUT2D eigenvalue weighted by atomic mass is 10.1. The van der Waals surface area contributed by atoms with Gasteiger partial charge in [-0.15, -0.1) is 0 Å². The smallest absolute Gasteiger partial charge is 0.152 e. The van der Waals surface area contributed by atoms with E-state index in [0.29, 0.717) is 16.8 Å². The fourth-order valence-corrected chi connectivity index (χ4v) is 1.43. The summed E-state index contributed by atoms with van der Waals surface area (Å²) in [6.45, 7) is 1.90. The van der Waals surface area contributed by atoms with E-state index < -0.39 is 0 Å². The van der Waals surface area contributed by atoms with Crippen molar-refractivity contribution < 1.29 is 4.79 Å². The summed E-state index contributed by atoms with van der Waals surface area (Å²) in [7, 11) is 0. The van der Waals surface area contributed by atoms with Crippen molar-refractivity contribution in [3.05, 3.63) is 35.5 Å². The lowest BCUT2D eigenvalue weighted by Crippen LogP contribution is -1.96. The Balaban J connectivity index is 2.86. The number of aryl methyl sites for hydroxylation is 1. The van der Waals surface area contributed by atoms with Gasteiger partial charge in [0.05, 0.1) is 11.2 Å². The van der Waals surface area contributed by atoms with Crippen molar-refractivity contribution in [1.82, 2.24) is 4.98 Å². The molecule has 2 aromatic rings. The molecule has 14 heavy (non-hydrogen) atoms. The van der Waals surface area contributed by atoms with Gasteiger partial charge in [-0.05, 0) is 19.1 Å². The normalized spacial score (nSPS) is 10.4. The van der Waals surface area contributed by atoms with Crippen LogP contribution in [0.1, 0.15) is 16.1 Å². The number of carbonyl (C=O) groups is 1. The molecule has 3 heteroatoms. The first-order valence-corrected chi connectivity index (χ1v) is 4.33. The second-order valence-electron chi connectivity index (χ2n) is 3.21. The summed E-state index contributed by atoms with van der Waals surface area (Å²) in [4.78, 5) is 14.9. The summed E-state index contributed by atoms with van der Waals surface area (Å²) in [6, 6.07) is 7.43. The van der Waals surface area contributed by atoms with Gasteiger partial charge < -0.3 is 5.73 Å². The molecule has 2 N–H and O–H groups in total. The third-order valence-corrected chi connectivity index (χ3v) is 2.20. The number of nitrogens with zero attached hydrogens (tertiary/aromatic N) is 1. The van der Waals surface area contributed by atoms with Gasteiger partial charge in [-0.25, -0.2) is 0 Å². The van der Waals surface area contributed by atoms with Crippen molar-refractivity contribution in [2.75, 3.05) is 5.73 Å². The van der Waals surface area contributed by atoms with Crippen LogP contribution in [0.25, 0.3) is 10.9 Å². The molecular weight excluding hydrogens is 176 g/mol. The summed E-state index contributed by atoms with van der Waals surface area (Å²) in [5.74, 6) is 0. The van der Waals surface area contributed by atoms with E-state index in [1.807, 2.05) is 25.1 Å². The molecule has 1 aromatic heterocycles. The Labute approximate surface area is 81.6 Å². The van der Waals surface area contributed by atoms with Crippen molar-refractivity contribution in [3.8, 4) is 0 Å². The predicted octanol–water partition coefficient (Wildman–Crippen LogP) is 1.94. The van der Waals surface area contributed by atoms with Crippen LogP contribution in [0.4, 0.5) is 5.69 Å². The lowest BCUT2D eigenvalue weighted by Gasteiger charge is -2.04. The van der Waals surface area contributed by atoms with Gasteiger partial charge in [-0.2, -0.15) is 0 Å². The van der Waals surface area contributed by atoms with Crippen molar-refractivity contribution in [3.63, 3.8) is 0 Å². The van der Waals surface area contributed by atoms with Crippen LogP contribution in [-0.2, 0) is 0 Å². The molecule has 3 nitrogen and oxygen atoms in total. The lowest BCUT2D eigenvalue weighted by molar-refractivity contribution is 0.112. The Morgan fingerprint density at radius 2 is 2.00 bits per heavy atom. The second kappa shape index (κ2) is 3.10. The van der Waals surface area contributed by atoms with E-state index in [1.54, 1.807) is 6.07 Å². The van der Waals surface area contributed by atoms with Crippen LogP contribution in [0.3, 0.4) is 0 Å². The van der Waals surface area contributed by atoms with E-state index in [9.17, 15) is 4.79 Å². The zero-order valence-corrected chi connectivity index (χ0v) is 7.82. The number of anilines is 1. The number of aromatic nitrogens is 1. The number of hydrogen-bond acceptors (Lipinski definition) is 3. The number of fused-ring (bicyclic) bond motifs is 1. The molecule has 2 rings (SSSR count). The van der Waals surface area contributed by atoms with Crippen LogP contribution in [0.2, 0.25) is 0 Å². The maximum absolute atomic E-state index is 10.6. The molecule has 0 spiro atoms. The Hall–Kier alpha value is -1.90. The highest BCUT2D eigenvalue weighted by Crippen LogP contribution is 2.22. The van der Waals surface area contributed by atoms with Crippen LogP contribution in [0.15, 0.2) is 24.3 Å². The molecule has 0 aliphatic heterocycles. The minimum Gasteiger partial charge on any atom is -0.396 e. The Morgan fingerprint density at radius 3 is 2.71 bits per heavy atom. The number of benzene rings is 1. The summed E-state index contributed by atoms with van der Waals surface area (Å²) >= 11 is 0. The van der Waals surface area contributed by atoms with Crippen LogP contribution < -0.4 is 5.73 Å². The van der Waals surface area contributed by atoms with Crippen molar-refractivity contribution in [1.29, 1.82) is 0 Å². The minimum absolute atomic E-state index is 0.459. The molecule has 0 amide bonds. The molecule has 0 atom stereocenters. The zero-order chi connectivity index (χ0) is 10.1. The number of nitrogen functional groups attached to an aromatic ring is 1. The molecule has 0 fully saturated rings. The highest BCUT2D eigenvalue weighted by atomic mass is 16.1. The Morgan fingerprint density at radius 1 is 1.29 bits per heavy atom. The second-order valence-corrected chi connectivity index (χ2v) is 3.21. The van der Waals surface area contributed by atoms with Gasteiger partial charge in [0.1, 0.15) is 0 Å². The fraction of sp³-hybridized carbons (Fsp3) is 0.0909. The van der Waals surface area contributed by atoms with Gasteiger partial charge in [-0.3, -0.25) is 9.78 Å². The third kappa shape index (κ3) is 1.23. The Kier molecular flexibility index (Phi) is 1.93. The number of carbonyl (C=O) groups excluding carboxylic acids is 1. The molecule has 0 aliphatic rings. The molecule has 0 radical (unpaired) electrons. The first kappa shape index (κ1) is 8.69. The molecule has 0 aliphatic carbocycles. The van der Waals surface area contributed by atoms with Crippen molar-refractivity contribution in [2.45, 2.75) is 6.92 Å². The maximum Gasteiger partial charge on any atom is 0.152 e. The van der Waals surface area contributed by atoms with Gasteiger partial charge in [-0.1, -0.05) is 12.1 Å². The molecule has 0 unspecified atom stereocenters. The van der Waals surface area contributed by atoms with Crippen LogP contribution >= 0.6 is 0 Å². The average Bonchev–Trinajstić information content (AvgIpc) is 2.20. The van der Waals surface area contributed by atoms with E-state index in [0.717, 1.165) is 17.4 Å². The van der Waals surface area contributed by atoms with E-state index in [1.165, 1.54) is 0 Å². The highest BCUT2D eigenvalue weighted by molar-refractivity contribution is 5.98. The number of nitrogens with two attached hydrogens (primary N) is 1. The molecular formula is C11H10N2O. The standard InChI is InChI=1S/C11H10N2O/c1-7-2-3-8-4-5-9(6-14)10(12)11(8)13-7/h2-6H,12H2,1H3. The van der Waals surface area contributed by atoms with Crippen LogP contribution in [-0.4, -0.2) is 11.3 Å². The quantitative estimate of drug-likeness (QED) is 0.547. The SMILES string of the molecule is Cc1ccc2ccc(C=O)c(N)c2n1. The molecule has 70 valence electrons. The number of hydrogen-bond donors (Lipinski definition) is 1. The monoisotopic (exact) mass is 186 g/mol. The average molecular weight is 186 g/mol. The number of pyridine rings is 1. The van der Waals surface area contributed by atoms with E-state index in [-0.39, 0.29) is 0 Å². The van der Waals surface area contributed by atoms with Gasteiger partial charge in [0.15, 0.2) is 6.29 Å². The van der Waals surface area contributed by atoms with Crippen molar-refractivity contribution >= 4 is 22.9 Å². The van der Waals surface area contributed by atoms with Crippen molar-refractivity contribution in [2.24, 2.45) is 0 Å². The molecule has 1 heterocycles. The maximum atomic E-state index is 10.6. The van der Waals surface area contributed by atoms with Gasteiger partial charge in [0, 0.05) is 16.6 Å². The highest BCUT2D eigenvalue weighted by Gasteiger charge is 2.04. The molecule has 0 bridgehead atoms. The zero-order valence-electron chi connectivity index (χ0n) is 7.82.